The highest BCUT2D eigenvalue weighted by Gasteiger charge is 2.44. The Kier molecular flexibility index (Phi) is 9.04. The van der Waals surface area contributed by atoms with Crippen molar-refractivity contribution in [2.45, 2.75) is 44.1 Å². The van der Waals surface area contributed by atoms with Gasteiger partial charge in [0.2, 0.25) is 5.60 Å². The summed E-state index contributed by atoms with van der Waals surface area (Å²) in [6.07, 6.45) is 2.90. The Morgan fingerprint density at radius 2 is 1.69 bits per heavy atom. The van der Waals surface area contributed by atoms with Crippen molar-refractivity contribution in [3.63, 3.8) is 0 Å². The molecule has 0 aromatic heterocycles. The van der Waals surface area contributed by atoms with E-state index in [1.165, 1.54) is 5.56 Å². The number of para-hydroxylation sites is 1. The van der Waals surface area contributed by atoms with Crippen LogP contribution in [0.25, 0.3) is 0 Å². The van der Waals surface area contributed by atoms with Crippen LogP contribution in [0.2, 0.25) is 0 Å². The maximum atomic E-state index is 13.0. The summed E-state index contributed by atoms with van der Waals surface area (Å²) >= 11 is 0. The minimum absolute atomic E-state index is 0.00291. The van der Waals surface area contributed by atoms with Gasteiger partial charge in [0.15, 0.2) is 5.75 Å². The van der Waals surface area contributed by atoms with Crippen molar-refractivity contribution in [1.29, 1.82) is 0 Å². The largest absolute Gasteiger partial charge is 0.494 e. The molecular weight excluding hydrogens is 500 g/mol. The average Bonchev–Trinajstić information content (AvgIpc) is 2.94. The Labute approximate surface area is 226 Å². The molecule has 3 aromatic carbocycles. The highest BCUT2D eigenvalue weighted by atomic mass is 16.5. The van der Waals surface area contributed by atoms with Crippen molar-refractivity contribution in [1.82, 2.24) is 0 Å². The number of fused-ring (bicyclic) bond motifs is 1. The van der Waals surface area contributed by atoms with E-state index >= 15 is 0 Å². The van der Waals surface area contributed by atoms with E-state index in [-0.39, 0.29) is 31.6 Å². The van der Waals surface area contributed by atoms with E-state index in [2.05, 4.69) is 22.8 Å². The van der Waals surface area contributed by atoms with Gasteiger partial charge in [-0.1, -0.05) is 36.4 Å². The highest BCUT2D eigenvalue weighted by Crippen LogP contribution is 2.41. The fourth-order valence-electron chi connectivity index (χ4n) is 4.41. The lowest BCUT2D eigenvalue weighted by Crippen LogP contribution is -2.52. The van der Waals surface area contributed by atoms with E-state index in [0.29, 0.717) is 29.3 Å². The lowest BCUT2D eigenvalue weighted by Gasteiger charge is -2.36. The number of unbranched alkanes of at least 4 members (excludes halogenated alkanes) is 1. The molecule has 204 valence electrons. The maximum Gasteiger partial charge on any atom is 0.349 e. The number of hydrogen-bond acceptors (Lipinski definition) is 6. The first-order valence-electron chi connectivity index (χ1n) is 13.0. The summed E-state index contributed by atoms with van der Waals surface area (Å²) in [5, 5.41) is 24.7. The highest BCUT2D eigenvalue weighted by molar-refractivity contribution is 6.05. The summed E-state index contributed by atoms with van der Waals surface area (Å²) in [5.74, 6) is -1.73. The molecule has 1 atom stereocenters. The lowest BCUT2D eigenvalue weighted by atomic mass is 9.94. The first-order chi connectivity index (χ1) is 18.9. The number of anilines is 2. The third kappa shape index (κ3) is 7.28. The van der Waals surface area contributed by atoms with E-state index in [9.17, 15) is 19.5 Å². The van der Waals surface area contributed by atoms with Crippen LogP contribution in [0.5, 0.6) is 11.5 Å². The topological polar surface area (TPSA) is 134 Å². The van der Waals surface area contributed by atoms with Gasteiger partial charge in [0.25, 0.3) is 5.91 Å². The number of carboxylic acid groups (broad SMARTS) is 2. The molecule has 0 aliphatic carbocycles. The molecule has 0 saturated heterocycles. The molecule has 39 heavy (non-hydrogen) atoms. The molecule has 0 bridgehead atoms. The summed E-state index contributed by atoms with van der Waals surface area (Å²) in [5.41, 5.74) is 0.911. The smallest absolute Gasteiger partial charge is 0.349 e. The van der Waals surface area contributed by atoms with E-state index in [0.717, 1.165) is 19.3 Å². The number of rotatable bonds is 13. The third-order valence-electron chi connectivity index (χ3n) is 6.57. The number of aliphatic carboxylic acids is 2. The summed E-state index contributed by atoms with van der Waals surface area (Å²) in [4.78, 5) is 36.0. The van der Waals surface area contributed by atoms with Crippen molar-refractivity contribution in [2.75, 3.05) is 23.8 Å². The van der Waals surface area contributed by atoms with Gasteiger partial charge in [-0.25, -0.2) is 4.79 Å². The van der Waals surface area contributed by atoms with Crippen molar-refractivity contribution < 1.29 is 34.1 Å². The Hall–Kier alpha value is -4.53. The SMILES string of the molecule is O=C(O)CCCC1(C(=O)O)CNc2cccc(NC(=O)c3ccc(OCCCCc4ccccc4)cc3)c2O1. The van der Waals surface area contributed by atoms with Crippen LogP contribution in [0, 0.1) is 0 Å². The average molecular weight is 533 g/mol. The molecule has 4 N–H and O–H groups in total. The molecule has 1 unspecified atom stereocenters. The predicted octanol–water partition coefficient (Wildman–Crippen LogP) is 5.22. The summed E-state index contributed by atoms with van der Waals surface area (Å²) in [6, 6.07) is 22.2. The van der Waals surface area contributed by atoms with Gasteiger partial charge in [0, 0.05) is 18.4 Å². The van der Waals surface area contributed by atoms with Crippen LogP contribution in [-0.2, 0) is 16.0 Å². The molecule has 9 heteroatoms. The van der Waals surface area contributed by atoms with Crippen molar-refractivity contribution in [3.05, 3.63) is 83.9 Å². The number of nitrogens with one attached hydrogen (secondary N) is 2. The van der Waals surface area contributed by atoms with Gasteiger partial charge in [0.1, 0.15) is 5.75 Å². The van der Waals surface area contributed by atoms with E-state index < -0.39 is 23.4 Å². The molecule has 4 rings (SSSR count). The molecule has 0 saturated carbocycles. The zero-order valence-electron chi connectivity index (χ0n) is 21.5. The Morgan fingerprint density at radius 3 is 2.41 bits per heavy atom. The monoisotopic (exact) mass is 532 g/mol. The van der Waals surface area contributed by atoms with Crippen LogP contribution in [-0.4, -0.2) is 46.8 Å². The second-order valence-electron chi connectivity index (χ2n) is 9.45. The van der Waals surface area contributed by atoms with Crippen LogP contribution in [0.1, 0.15) is 48.0 Å². The molecule has 1 aliphatic rings. The maximum absolute atomic E-state index is 13.0. The first-order valence-corrected chi connectivity index (χ1v) is 13.0. The van der Waals surface area contributed by atoms with E-state index in [1.807, 2.05) is 18.2 Å². The van der Waals surface area contributed by atoms with Crippen LogP contribution < -0.4 is 20.1 Å². The number of amides is 1. The molecule has 0 spiro atoms. The number of carbonyl (C=O) groups excluding carboxylic acids is 1. The van der Waals surface area contributed by atoms with Crippen molar-refractivity contribution >= 4 is 29.2 Å². The predicted molar refractivity (Wildman–Crippen MR) is 147 cm³/mol. The zero-order chi connectivity index (χ0) is 27.7. The van der Waals surface area contributed by atoms with Gasteiger partial charge < -0.3 is 30.3 Å². The van der Waals surface area contributed by atoms with Gasteiger partial charge in [-0.3, -0.25) is 9.59 Å². The minimum atomic E-state index is -1.65. The van der Waals surface area contributed by atoms with Crippen molar-refractivity contribution in [2.24, 2.45) is 0 Å². The molecule has 1 heterocycles. The number of carbonyl (C=O) groups is 3. The number of carboxylic acids is 2. The molecule has 0 fully saturated rings. The van der Waals surface area contributed by atoms with Crippen LogP contribution in [0.3, 0.4) is 0 Å². The van der Waals surface area contributed by atoms with E-state index in [4.69, 9.17) is 14.6 Å². The first kappa shape index (κ1) is 27.5. The fourth-order valence-corrected chi connectivity index (χ4v) is 4.41. The number of benzene rings is 3. The van der Waals surface area contributed by atoms with E-state index in [1.54, 1.807) is 42.5 Å². The van der Waals surface area contributed by atoms with Gasteiger partial charge >= 0.3 is 11.9 Å². The van der Waals surface area contributed by atoms with Gasteiger partial charge in [-0.2, -0.15) is 0 Å². The lowest BCUT2D eigenvalue weighted by molar-refractivity contribution is -0.155. The Morgan fingerprint density at radius 1 is 0.923 bits per heavy atom. The zero-order valence-corrected chi connectivity index (χ0v) is 21.5. The minimum Gasteiger partial charge on any atom is -0.494 e. The standard InChI is InChI=1S/C30H32N2O7/c33-26(34)13-7-18-30(29(36)37)20-31-24-11-6-12-25(27(24)39-30)32-28(35)22-14-16-23(17-15-22)38-19-5-4-10-21-8-2-1-3-9-21/h1-3,6,8-9,11-12,14-17,31H,4-5,7,10,13,18-20H2,(H,32,35)(H,33,34)(H,36,37). The quantitative estimate of drug-likeness (QED) is 0.220. The fraction of sp³-hybridized carbons (Fsp3) is 0.300. The van der Waals surface area contributed by atoms with Gasteiger partial charge in [-0.15, -0.1) is 0 Å². The second-order valence-corrected chi connectivity index (χ2v) is 9.45. The van der Waals surface area contributed by atoms with Gasteiger partial charge in [0.05, 0.1) is 24.5 Å². The van der Waals surface area contributed by atoms with Gasteiger partial charge in [-0.05, 0) is 67.6 Å². The summed E-state index contributed by atoms with van der Waals surface area (Å²) < 4.78 is 11.8. The number of ether oxygens (including phenoxy) is 2. The Balaban J connectivity index is 1.34. The number of aryl methyl sites for hydroxylation is 1. The van der Waals surface area contributed by atoms with Crippen LogP contribution in [0.15, 0.2) is 72.8 Å². The summed E-state index contributed by atoms with van der Waals surface area (Å²) in [6.45, 7) is 0.552. The molecule has 1 aliphatic heterocycles. The second kappa shape index (κ2) is 12.8. The molecule has 9 nitrogen and oxygen atoms in total. The summed E-state index contributed by atoms with van der Waals surface area (Å²) in [7, 11) is 0. The normalized spacial score (nSPS) is 15.8. The molecule has 0 radical (unpaired) electrons. The number of hydrogen-bond donors (Lipinski definition) is 4. The van der Waals surface area contributed by atoms with Crippen LogP contribution in [0.4, 0.5) is 11.4 Å². The molecular formula is C30H32N2O7. The van der Waals surface area contributed by atoms with Crippen molar-refractivity contribution in [3.8, 4) is 11.5 Å². The Bertz CT molecular complexity index is 1290. The molecule has 1 amide bonds. The third-order valence-corrected chi connectivity index (χ3v) is 6.57. The van der Waals surface area contributed by atoms with Crippen LogP contribution >= 0.6 is 0 Å². The molecule has 3 aromatic rings.